The summed E-state index contributed by atoms with van der Waals surface area (Å²) < 4.78 is 69.2. The van der Waals surface area contributed by atoms with Crippen molar-refractivity contribution < 1.29 is 31.5 Å². The molecule has 0 spiro atoms. The van der Waals surface area contributed by atoms with Gasteiger partial charge in [0.25, 0.3) is 11.8 Å². The van der Waals surface area contributed by atoms with Crippen LogP contribution in [0.25, 0.3) is 10.9 Å². The second-order valence-electron chi connectivity index (χ2n) is 8.64. The maximum absolute atomic E-state index is 14.1. The Labute approximate surface area is 216 Å². The standard InChI is InChI=1S/C25H17ClF5N5O2/c1-36-18(9-32)15-8-17(33-23(37)10-4-11(25(29,30)31)6-13(28)5-10)19-20(22(15)35-36)24(38)34-21(19)14-7-12(27)2-3-16(14)26/h2-8,21H,9,32H2,1H3,(H,33,37)(H,34,38). The Bertz CT molecular complexity index is 1650. The fraction of sp³-hybridized carbons (Fsp3) is 0.160. The summed E-state index contributed by atoms with van der Waals surface area (Å²) in [7, 11) is 1.60. The Balaban J connectivity index is 1.71. The van der Waals surface area contributed by atoms with Gasteiger partial charge < -0.3 is 16.4 Å². The van der Waals surface area contributed by atoms with Crippen molar-refractivity contribution in [1.29, 1.82) is 0 Å². The van der Waals surface area contributed by atoms with Gasteiger partial charge in [0.15, 0.2) is 0 Å². The highest BCUT2D eigenvalue weighted by atomic mass is 35.5. The Hall–Kier alpha value is -4.03. The van der Waals surface area contributed by atoms with Crippen molar-refractivity contribution in [3.8, 4) is 0 Å². The molecule has 0 aliphatic carbocycles. The van der Waals surface area contributed by atoms with E-state index in [4.69, 9.17) is 17.3 Å². The van der Waals surface area contributed by atoms with E-state index >= 15 is 0 Å². The van der Waals surface area contributed by atoms with Gasteiger partial charge in [0.1, 0.15) is 17.2 Å². The van der Waals surface area contributed by atoms with Crippen molar-refractivity contribution in [3.05, 3.63) is 92.6 Å². The van der Waals surface area contributed by atoms with E-state index in [2.05, 4.69) is 15.7 Å². The molecule has 4 aromatic rings. The summed E-state index contributed by atoms with van der Waals surface area (Å²) in [6, 6.07) is 5.40. The number of carbonyl (C=O) groups excluding carboxylic acids is 2. The van der Waals surface area contributed by atoms with E-state index in [9.17, 15) is 31.5 Å². The summed E-state index contributed by atoms with van der Waals surface area (Å²) in [5, 5.41) is 10.1. The zero-order valence-electron chi connectivity index (χ0n) is 19.4. The van der Waals surface area contributed by atoms with E-state index in [-0.39, 0.29) is 45.5 Å². The molecule has 0 fully saturated rings. The molecule has 13 heteroatoms. The van der Waals surface area contributed by atoms with Gasteiger partial charge in [-0.3, -0.25) is 14.3 Å². The molecule has 5 rings (SSSR count). The van der Waals surface area contributed by atoms with E-state index in [1.165, 1.54) is 16.8 Å². The Morgan fingerprint density at radius 2 is 1.89 bits per heavy atom. The van der Waals surface area contributed by atoms with Crippen LogP contribution in [0.15, 0.2) is 42.5 Å². The van der Waals surface area contributed by atoms with E-state index in [1.54, 1.807) is 7.05 Å². The molecule has 1 aliphatic rings. The third-order valence-corrected chi connectivity index (χ3v) is 6.62. The quantitative estimate of drug-likeness (QED) is 0.309. The summed E-state index contributed by atoms with van der Waals surface area (Å²) in [5.41, 5.74) is 5.05. The number of fused-ring (bicyclic) bond motifs is 3. The topological polar surface area (TPSA) is 102 Å². The number of benzene rings is 3. The number of rotatable bonds is 4. The molecule has 4 N–H and O–H groups in total. The highest BCUT2D eigenvalue weighted by molar-refractivity contribution is 6.31. The lowest BCUT2D eigenvalue weighted by Crippen LogP contribution is -2.21. The van der Waals surface area contributed by atoms with Crippen molar-refractivity contribution in [2.45, 2.75) is 18.8 Å². The number of hydrogen-bond acceptors (Lipinski definition) is 4. The maximum Gasteiger partial charge on any atom is 0.416 e. The number of anilines is 1. The number of aromatic nitrogens is 2. The minimum absolute atomic E-state index is 0.00157. The van der Waals surface area contributed by atoms with Crippen molar-refractivity contribution in [3.63, 3.8) is 0 Å². The molecule has 196 valence electrons. The zero-order chi connectivity index (χ0) is 27.5. The number of amides is 2. The van der Waals surface area contributed by atoms with Gasteiger partial charge in [-0.05, 0) is 42.5 Å². The molecule has 1 aliphatic heterocycles. The van der Waals surface area contributed by atoms with Crippen LogP contribution in [-0.4, -0.2) is 21.6 Å². The Kier molecular flexibility index (Phi) is 6.11. The lowest BCUT2D eigenvalue weighted by Gasteiger charge is -2.18. The summed E-state index contributed by atoms with van der Waals surface area (Å²) in [5.74, 6) is -3.57. The minimum atomic E-state index is -4.89. The fourth-order valence-electron chi connectivity index (χ4n) is 4.59. The Morgan fingerprint density at radius 1 is 1.16 bits per heavy atom. The fourth-order valence-corrected chi connectivity index (χ4v) is 4.82. The molecule has 0 radical (unpaired) electrons. The smallest absolute Gasteiger partial charge is 0.341 e. The average Bonchev–Trinajstić information content (AvgIpc) is 3.35. The van der Waals surface area contributed by atoms with Crippen LogP contribution in [0.3, 0.4) is 0 Å². The Morgan fingerprint density at radius 3 is 2.58 bits per heavy atom. The number of nitrogens with zero attached hydrogens (tertiary/aromatic N) is 2. The lowest BCUT2D eigenvalue weighted by atomic mass is 9.94. The normalized spacial score (nSPS) is 15.1. The molecular weight excluding hydrogens is 533 g/mol. The largest absolute Gasteiger partial charge is 0.416 e. The van der Waals surface area contributed by atoms with Gasteiger partial charge in [-0.15, -0.1) is 0 Å². The molecule has 2 heterocycles. The third-order valence-electron chi connectivity index (χ3n) is 6.28. The SMILES string of the molecule is Cn1nc2c3c(c(NC(=O)c4cc(F)cc(C(F)(F)F)c4)cc2c1CN)C(c1cc(F)ccc1Cl)NC3=O. The molecule has 0 saturated carbocycles. The van der Waals surface area contributed by atoms with Crippen LogP contribution < -0.4 is 16.4 Å². The van der Waals surface area contributed by atoms with E-state index in [1.807, 2.05) is 0 Å². The first kappa shape index (κ1) is 25.6. The van der Waals surface area contributed by atoms with E-state index in [0.717, 1.165) is 12.1 Å². The number of aryl methyl sites for hydroxylation is 1. The summed E-state index contributed by atoms with van der Waals surface area (Å²) in [4.78, 5) is 26.3. The number of alkyl halides is 3. The van der Waals surface area contributed by atoms with Crippen LogP contribution in [0.1, 0.15) is 49.1 Å². The molecule has 2 amide bonds. The number of halogens is 6. The second-order valence-corrected chi connectivity index (χ2v) is 9.04. The van der Waals surface area contributed by atoms with Crippen LogP contribution in [-0.2, 0) is 19.8 Å². The molecule has 3 aromatic carbocycles. The zero-order valence-corrected chi connectivity index (χ0v) is 20.1. The van der Waals surface area contributed by atoms with Crippen LogP contribution in [0.2, 0.25) is 5.02 Å². The number of nitrogens with two attached hydrogens (primary N) is 1. The molecule has 1 aromatic heterocycles. The van der Waals surface area contributed by atoms with Crippen LogP contribution >= 0.6 is 11.6 Å². The van der Waals surface area contributed by atoms with Crippen molar-refractivity contribution in [1.82, 2.24) is 15.1 Å². The van der Waals surface area contributed by atoms with E-state index in [0.29, 0.717) is 23.2 Å². The average molecular weight is 550 g/mol. The number of nitrogens with one attached hydrogen (secondary N) is 2. The minimum Gasteiger partial charge on any atom is -0.341 e. The number of hydrogen-bond donors (Lipinski definition) is 3. The number of carbonyl (C=O) groups is 2. The molecule has 38 heavy (non-hydrogen) atoms. The third kappa shape index (κ3) is 4.25. The first-order valence-electron chi connectivity index (χ1n) is 11.1. The highest BCUT2D eigenvalue weighted by Gasteiger charge is 2.38. The molecule has 0 bridgehead atoms. The predicted octanol–water partition coefficient (Wildman–Crippen LogP) is 5.07. The first-order chi connectivity index (χ1) is 17.9. The summed E-state index contributed by atoms with van der Waals surface area (Å²) >= 11 is 6.30. The predicted molar refractivity (Wildman–Crippen MR) is 129 cm³/mol. The van der Waals surface area contributed by atoms with Gasteiger partial charge in [0, 0.05) is 46.4 Å². The van der Waals surface area contributed by atoms with Crippen LogP contribution in [0.4, 0.5) is 27.6 Å². The molecular formula is C25H17ClF5N5O2. The summed E-state index contributed by atoms with van der Waals surface area (Å²) in [6.45, 7) is 0.0127. The van der Waals surface area contributed by atoms with Crippen molar-refractivity contribution in [2.75, 3.05) is 5.32 Å². The van der Waals surface area contributed by atoms with Gasteiger partial charge in [-0.2, -0.15) is 18.3 Å². The summed E-state index contributed by atoms with van der Waals surface area (Å²) in [6.07, 6.45) is -4.89. The van der Waals surface area contributed by atoms with Gasteiger partial charge >= 0.3 is 6.18 Å². The monoisotopic (exact) mass is 549 g/mol. The lowest BCUT2D eigenvalue weighted by molar-refractivity contribution is -0.137. The van der Waals surface area contributed by atoms with Gasteiger partial charge in [-0.25, -0.2) is 8.78 Å². The van der Waals surface area contributed by atoms with Crippen molar-refractivity contribution in [2.24, 2.45) is 12.8 Å². The van der Waals surface area contributed by atoms with E-state index < -0.39 is 46.8 Å². The van der Waals surface area contributed by atoms with Gasteiger partial charge in [-0.1, -0.05) is 11.6 Å². The van der Waals surface area contributed by atoms with Crippen LogP contribution in [0.5, 0.6) is 0 Å². The molecule has 7 nitrogen and oxygen atoms in total. The molecule has 1 atom stereocenters. The highest BCUT2D eigenvalue weighted by Crippen LogP contribution is 2.43. The first-order valence-corrected chi connectivity index (χ1v) is 11.4. The van der Waals surface area contributed by atoms with Crippen molar-refractivity contribution >= 4 is 40.0 Å². The maximum atomic E-state index is 14.1. The molecule has 0 saturated heterocycles. The molecule has 1 unspecified atom stereocenters. The van der Waals surface area contributed by atoms with Gasteiger partial charge in [0.2, 0.25) is 0 Å². The second kappa shape index (κ2) is 9.07. The van der Waals surface area contributed by atoms with Gasteiger partial charge in [0.05, 0.1) is 22.9 Å². The van der Waals surface area contributed by atoms with Crippen LogP contribution in [0, 0.1) is 11.6 Å².